The molecule has 4 aromatic carbocycles. The second-order valence-electron chi connectivity index (χ2n) is 7.47. The molecule has 1 heterocycles. The van der Waals surface area contributed by atoms with Crippen molar-refractivity contribution in [1.82, 2.24) is 5.32 Å². The highest BCUT2D eigenvalue weighted by Crippen LogP contribution is 2.42. The number of benzene rings is 4. The van der Waals surface area contributed by atoms with Gasteiger partial charge in [-0.05, 0) is 52.1 Å². The van der Waals surface area contributed by atoms with Crippen LogP contribution in [0.3, 0.4) is 0 Å². The van der Waals surface area contributed by atoms with Crippen molar-refractivity contribution in [2.45, 2.75) is 24.5 Å². The zero-order valence-electron chi connectivity index (χ0n) is 15.2. The first kappa shape index (κ1) is 16.5. The number of fused-ring (bicyclic) bond motifs is 2. The van der Waals surface area contributed by atoms with Gasteiger partial charge in [-0.3, -0.25) is 0 Å². The number of aliphatic hydroxyl groups is 1. The lowest BCUT2D eigenvalue weighted by molar-refractivity contribution is 0.0471. The van der Waals surface area contributed by atoms with E-state index >= 15 is 0 Å². The predicted octanol–water partition coefficient (Wildman–Crippen LogP) is 4.98. The van der Waals surface area contributed by atoms with Crippen molar-refractivity contribution < 1.29 is 5.11 Å². The number of hydrogen-bond acceptors (Lipinski definition) is 2. The van der Waals surface area contributed by atoms with Gasteiger partial charge in [-0.25, -0.2) is 0 Å². The summed E-state index contributed by atoms with van der Waals surface area (Å²) < 4.78 is 0. The van der Waals surface area contributed by atoms with Crippen LogP contribution in [0.2, 0.25) is 0 Å². The summed E-state index contributed by atoms with van der Waals surface area (Å²) in [5.74, 6) is 0. The molecule has 0 spiro atoms. The molecule has 1 saturated heterocycles. The highest BCUT2D eigenvalue weighted by Gasteiger charge is 2.43. The molecule has 2 nitrogen and oxygen atoms in total. The average Bonchev–Trinajstić information content (AvgIpc) is 3.28. The van der Waals surface area contributed by atoms with Crippen molar-refractivity contribution in [3.8, 4) is 0 Å². The van der Waals surface area contributed by atoms with Crippen LogP contribution in [0.4, 0.5) is 0 Å². The molecule has 1 fully saturated rings. The zero-order valence-corrected chi connectivity index (χ0v) is 15.2. The molecule has 0 aliphatic carbocycles. The van der Waals surface area contributed by atoms with Crippen molar-refractivity contribution in [2.24, 2.45) is 0 Å². The molecule has 0 bridgehead atoms. The van der Waals surface area contributed by atoms with Gasteiger partial charge in [-0.15, -0.1) is 0 Å². The minimum Gasteiger partial charge on any atom is -0.379 e. The van der Waals surface area contributed by atoms with Crippen LogP contribution in [0.25, 0.3) is 21.5 Å². The lowest BCUT2D eigenvalue weighted by Gasteiger charge is -2.37. The molecule has 5 rings (SSSR count). The van der Waals surface area contributed by atoms with Crippen molar-refractivity contribution in [3.05, 3.63) is 96.1 Å². The first-order chi connectivity index (χ1) is 13.3. The van der Waals surface area contributed by atoms with Crippen molar-refractivity contribution >= 4 is 21.5 Å². The average molecular weight is 353 g/mol. The molecule has 0 radical (unpaired) electrons. The van der Waals surface area contributed by atoms with Gasteiger partial charge in [-0.2, -0.15) is 0 Å². The van der Waals surface area contributed by atoms with Crippen LogP contribution in [-0.2, 0) is 5.60 Å². The van der Waals surface area contributed by atoms with Gasteiger partial charge in [-0.1, -0.05) is 84.9 Å². The minimum atomic E-state index is -1.09. The van der Waals surface area contributed by atoms with Gasteiger partial charge in [0.25, 0.3) is 0 Å². The first-order valence-corrected chi connectivity index (χ1v) is 9.71. The summed E-state index contributed by atoms with van der Waals surface area (Å²) in [6.45, 7) is 0.947. The fraction of sp³-hybridized carbons (Fsp3) is 0.200. The Balaban J connectivity index is 1.85. The van der Waals surface area contributed by atoms with Gasteiger partial charge in [0, 0.05) is 6.04 Å². The summed E-state index contributed by atoms with van der Waals surface area (Å²) in [4.78, 5) is 0. The maximum absolute atomic E-state index is 12.4. The number of rotatable bonds is 3. The van der Waals surface area contributed by atoms with Crippen LogP contribution in [-0.4, -0.2) is 17.7 Å². The van der Waals surface area contributed by atoms with E-state index < -0.39 is 5.60 Å². The molecule has 134 valence electrons. The Kier molecular flexibility index (Phi) is 3.96. The Morgan fingerprint density at radius 2 is 1.22 bits per heavy atom. The van der Waals surface area contributed by atoms with Crippen LogP contribution in [0.1, 0.15) is 24.0 Å². The third kappa shape index (κ3) is 2.56. The van der Waals surface area contributed by atoms with Crippen LogP contribution >= 0.6 is 0 Å². The summed E-state index contributed by atoms with van der Waals surface area (Å²) in [6, 6.07) is 29.2. The molecule has 0 aromatic heterocycles. The maximum Gasteiger partial charge on any atom is 0.131 e. The number of nitrogens with one attached hydrogen (secondary N) is 1. The smallest absolute Gasteiger partial charge is 0.131 e. The zero-order chi connectivity index (χ0) is 18.3. The molecule has 2 N–H and O–H groups in total. The highest BCUT2D eigenvalue weighted by molar-refractivity contribution is 5.91. The van der Waals surface area contributed by atoms with E-state index in [1.165, 1.54) is 0 Å². The normalized spacial score (nSPS) is 17.6. The molecule has 0 saturated carbocycles. The summed E-state index contributed by atoms with van der Waals surface area (Å²) in [7, 11) is 0. The minimum absolute atomic E-state index is 0.00545. The Labute approximate surface area is 159 Å². The summed E-state index contributed by atoms with van der Waals surface area (Å²) in [5.41, 5.74) is 0.880. The van der Waals surface area contributed by atoms with E-state index in [1.54, 1.807) is 0 Å². The van der Waals surface area contributed by atoms with Crippen LogP contribution in [0.5, 0.6) is 0 Å². The van der Waals surface area contributed by atoms with Gasteiger partial charge in [0.15, 0.2) is 0 Å². The molecule has 4 aromatic rings. The second-order valence-corrected chi connectivity index (χ2v) is 7.47. The monoisotopic (exact) mass is 353 g/mol. The van der Waals surface area contributed by atoms with E-state index in [-0.39, 0.29) is 6.04 Å². The topological polar surface area (TPSA) is 32.3 Å². The predicted molar refractivity (Wildman–Crippen MR) is 112 cm³/mol. The Bertz CT molecular complexity index is 1020. The Morgan fingerprint density at radius 1 is 0.704 bits per heavy atom. The third-order valence-electron chi connectivity index (χ3n) is 5.97. The van der Waals surface area contributed by atoms with Gasteiger partial charge >= 0.3 is 0 Å². The largest absolute Gasteiger partial charge is 0.379 e. The molecule has 1 atom stereocenters. The van der Waals surface area contributed by atoms with Crippen LogP contribution in [0, 0.1) is 0 Å². The maximum atomic E-state index is 12.4. The molecule has 2 heteroatoms. The van der Waals surface area contributed by atoms with Gasteiger partial charge in [0.05, 0.1) is 0 Å². The van der Waals surface area contributed by atoms with E-state index in [0.717, 1.165) is 52.1 Å². The third-order valence-corrected chi connectivity index (χ3v) is 5.97. The van der Waals surface area contributed by atoms with Crippen molar-refractivity contribution in [1.29, 1.82) is 0 Å². The van der Waals surface area contributed by atoms with Crippen molar-refractivity contribution in [2.75, 3.05) is 6.54 Å². The molecule has 0 unspecified atom stereocenters. The fourth-order valence-corrected chi connectivity index (χ4v) is 4.68. The SMILES string of the molecule is OC(c1cccc2ccccc12)(c1cccc2ccccc12)[C@@H]1CCCN1. The summed E-state index contributed by atoms with van der Waals surface area (Å²) in [5, 5.41) is 20.5. The van der Waals surface area contributed by atoms with Crippen LogP contribution < -0.4 is 5.32 Å². The van der Waals surface area contributed by atoms with E-state index in [1.807, 2.05) is 0 Å². The quantitative estimate of drug-likeness (QED) is 0.544. The van der Waals surface area contributed by atoms with E-state index in [9.17, 15) is 5.11 Å². The summed E-state index contributed by atoms with van der Waals surface area (Å²) >= 11 is 0. The Morgan fingerprint density at radius 3 is 1.74 bits per heavy atom. The van der Waals surface area contributed by atoms with E-state index in [2.05, 4.69) is 90.2 Å². The Hall–Kier alpha value is -2.68. The molecular weight excluding hydrogens is 330 g/mol. The summed E-state index contributed by atoms with van der Waals surface area (Å²) in [6.07, 6.45) is 2.05. The lowest BCUT2D eigenvalue weighted by atomic mass is 9.76. The molecule has 0 amide bonds. The fourth-order valence-electron chi connectivity index (χ4n) is 4.68. The van der Waals surface area contributed by atoms with Gasteiger partial charge in [0.2, 0.25) is 0 Å². The molecular formula is C25H23NO. The van der Waals surface area contributed by atoms with Crippen LogP contribution in [0.15, 0.2) is 84.9 Å². The van der Waals surface area contributed by atoms with Crippen molar-refractivity contribution in [3.63, 3.8) is 0 Å². The lowest BCUT2D eigenvalue weighted by Crippen LogP contribution is -2.46. The number of hydrogen-bond donors (Lipinski definition) is 2. The standard InChI is InChI=1S/C25H23NO/c27-25(24-16-7-17-26-24,22-14-5-10-18-8-1-3-12-20(18)22)23-15-6-11-19-9-2-4-13-21(19)23/h1-6,8-15,24,26-27H,7,16-17H2/t24-/m0/s1. The van der Waals surface area contributed by atoms with Gasteiger partial charge < -0.3 is 10.4 Å². The highest BCUT2D eigenvalue weighted by atomic mass is 16.3. The molecule has 27 heavy (non-hydrogen) atoms. The first-order valence-electron chi connectivity index (χ1n) is 9.71. The van der Waals surface area contributed by atoms with E-state index in [4.69, 9.17) is 0 Å². The second kappa shape index (κ2) is 6.49. The molecule has 1 aliphatic rings. The van der Waals surface area contributed by atoms with Gasteiger partial charge in [0.1, 0.15) is 5.60 Å². The molecule has 1 aliphatic heterocycles. The van der Waals surface area contributed by atoms with E-state index in [0.29, 0.717) is 0 Å².